The molecule has 4 nitrogen and oxygen atoms in total. The summed E-state index contributed by atoms with van der Waals surface area (Å²) >= 11 is 0. The van der Waals surface area contributed by atoms with Gasteiger partial charge in [0.15, 0.2) is 0 Å². The monoisotopic (exact) mass is 130 g/mol. The van der Waals surface area contributed by atoms with Gasteiger partial charge >= 0.3 is 6.09 Å². The Kier molecular flexibility index (Phi) is 4.53. The third-order valence-electron chi connectivity index (χ3n) is 0.674. The number of carbonyl (C=O) groups is 1. The zero-order chi connectivity index (χ0) is 7.11. The van der Waals surface area contributed by atoms with Crippen LogP contribution in [0.15, 0.2) is 12.2 Å². The molecule has 0 unspecified atom stereocenters. The van der Waals surface area contributed by atoms with E-state index in [9.17, 15) is 4.79 Å². The number of nitrogens with two attached hydrogens (primary N) is 1. The lowest BCUT2D eigenvalue weighted by atomic mass is 10.5. The first-order valence-electron chi connectivity index (χ1n) is 2.59. The summed E-state index contributed by atoms with van der Waals surface area (Å²) in [5.41, 5.74) is 5.08. The molecular formula is C5H10N2O2. The number of nitrogens with one attached hydrogen (secondary N) is 1. The molecule has 0 aromatic carbocycles. The highest BCUT2D eigenvalue weighted by Crippen LogP contribution is 1.66. The lowest BCUT2D eigenvalue weighted by Crippen LogP contribution is -2.20. The van der Waals surface area contributed by atoms with Crippen molar-refractivity contribution in [1.29, 1.82) is 0 Å². The van der Waals surface area contributed by atoms with Gasteiger partial charge in [0.25, 0.3) is 0 Å². The van der Waals surface area contributed by atoms with Gasteiger partial charge in [-0.25, -0.2) is 4.79 Å². The minimum Gasteiger partial charge on any atom is -0.465 e. The molecule has 1 amide bonds. The average Bonchev–Trinajstić information content (AvgIpc) is 1.80. The smallest absolute Gasteiger partial charge is 0.404 e. The number of hydrogen-bond donors (Lipinski definition) is 3. The maximum Gasteiger partial charge on any atom is 0.404 e. The molecule has 0 spiro atoms. The first-order valence-corrected chi connectivity index (χ1v) is 2.59. The van der Waals surface area contributed by atoms with Crippen LogP contribution >= 0.6 is 0 Å². The molecular weight excluding hydrogens is 120 g/mol. The van der Waals surface area contributed by atoms with E-state index >= 15 is 0 Å². The van der Waals surface area contributed by atoms with Crippen LogP contribution in [0.5, 0.6) is 0 Å². The zero-order valence-corrected chi connectivity index (χ0v) is 5.00. The highest BCUT2D eigenvalue weighted by atomic mass is 16.4. The molecule has 4 N–H and O–H groups in total. The third-order valence-corrected chi connectivity index (χ3v) is 0.674. The highest BCUT2D eigenvalue weighted by molar-refractivity contribution is 5.64. The van der Waals surface area contributed by atoms with E-state index < -0.39 is 6.09 Å². The minimum atomic E-state index is -1.02. The summed E-state index contributed by atoms with van der Waals surface area (Å²) in [7, 11) is 0. The van der Waals surface area contributed by atoms with E-state index in [2.05, 4.69) is 5.32 Å². The van der Waals surface area contributed by atoms with E-state index in [1.54, 1.807) is 12.2 Å². The van der Waals surface area contributed by atoms with Crippen molar-refractivity contribution in [2.45, 2.75) is 0 Å². The first-order chi connectivity index (χ1) is 4.27. The molecule has 0 heterocycles. The van der Waals surface area contributed by atoms with E-state index in [1.807, 2.05) is 0 Å². The molecule has 0 bridgehead atoms. The Balaban J connectivity index is 3.09. The van der Waals surface area contributed by atoms with Crippen molar-refractivity contribution >= 4 is 6.09 Å². The Labute approximate surface area is 53.4 Å². The van der Waals surface area contributed by atoms with Crippen molar-refractivity contribution in [3.63, 3.8) is 0 Å². The molecule has 52 valence electrons. The fraction of sp³-hybridized carbons (Fsp3) is 0.400. The minimum absolute atomic E-state index is 0.326. The van der Waals surface area contributed by atoms with Gasteiger partial charge in [0.1, 0.15) is 0 Å². The molecule has 0 aromatic rings. The number of amides is 1. The molecule has 0 fully saturated rings. The molecule has 0 rings (SSSR count). The van der Waals surface area contributed by atoms with Crippen molar-refractivity contribution in [2.24, 2.45) is 5.73 Å². The van der Waals surface area contributed by atoms with E-state index in [-0.39, 0.29) is 0 Å². The van der Waals surface area contributed by atoms with Gasteiger partial charge in [-0.2, -0.15) is 0 Å². The molecule has 0 saturated carbocycles. The maximum atomic E-state index is 9.79. The number of carboxylic acid groups (broad SMARTS) is 1. The summed E-state index contributed by atoms with van der Waals surface area (Å²) in [5, 5.41) is 10.2. The average molecular weight is 130 g/mol. The van der Waals surface area contributed by atoms with E-state index in [0.29, 0.717) is 13.1 Å². The van der Waals surface area contributed by atoms with Crippen molar-refractivity contribution in [1.82, 2.24) is 5.32 Å². The molecule has 4 heteroatoms. The Bertz CT molecular complexity index is 112. The molecule has 0 aliphatic rings. The first kappa shape index (κ1) is 7.97. The molecule has 9 heavy (non-hydrogen) atoms. The van der Waals surface area contributed by atoms with Crippen LogP contribution in [0.2, 0.25) is 0 Å². The van der Waals surface area contributed by atoms with E-state index in [1.165, 1.54) is 0 Å². The van der Waals surface area contributed by atoms with Gasteiger partial charge in [-0.1, -0.05) is 12.2 Å². The fourth-order valence-corrected chi connectivity index (χ4v) is 0.326. The quantitative estimate of drug-likeness (QED) is 0.462. The second kappa shape index (κ2) is 5.11. The Hall–Kier alpha value is -1.03. The van der Waals surface area contributed by atoms with Gasteiger partial charge in [0.05, 0.1) is 0 Å². The maximum absolute atomic E-state index is 9.79. The normalized spacial score (nSPS) is 9.89. The SMILES string of the molecule is NCC=CCNC(=O)O. The second-order valence-electron chi connectivity index (χ2n) is 1.39. The predicted molar refractivity (Wildman–Crippen MR) is 34.2 cm³/mol. The van der Waals surface area contributed by atoms with Crippen LogP contribution in [-0.2, 0) is 0 Å². The van der Waals surface area contributed by atoms with Crippen molar-refractivity contribution in [3.8, 4) is 0 Å². The van der Waals surface area contributed by atoms with Crippen LogP contribution in [0.25, 0.3) is 0 Å². The second-order valence-corrected chi connectivity index (χ2v) is 1.39. The molecule has 0 aromatic heterocycles. The fourth-order valence-electron chi connectivity index (χ4n) is 0.326. The molecule has 0 radical (unpaired) electrons. The van der Waals surface area contributed by atoms with Crippen LogP contribution in [0.3, 0.4) is 0 Å². The Morgan fingerprint density at radius 1 is 1.67 bits per heavy atom. The standard InChI is InChI=1S/C5H10N2O2/c6-3-1-2-4-7-5(8)9/h1-2,7H,3-4,6H2,(H,8,9). The highest BCUT2D eigenvalue weighted by Gasteiger charge is 1.85. The lowest BCUT2D eigenvalue weighted by molar-refractivity contribution is 0.195. The van der Waals surface area contributed by atoms with Gasteiger partial charge in [-0.05, 0) is 0 Å². The van der Waals surface area contributed by atoms with Crippen molar-refractivity contribution in [2.75, 3.05) is 13.1 Å². The van der Waals surface area contributed by atoms with Crippen LogP contribution < -0.4 is 11.1 Å². The van der Waals surface area contributed by atoms with Crippen molar-refractivity contribution < 1.29 is 9.90 Å². The topological polar surface area (TPSA) is 75.3 Å². The summed E-state index contributed by atoms with van der Waals surface area (Å²) in [5.74, 6) is 0. The van der Waals surface area contributed by atoms with Crippen LogP contribution in [-0.4, -0.2) is 24.3 Å². The summed E-state index contributed by atoms with van der Waals surface area (Å²) in [4.78, 5) is 9.79. The molecule has 0 saturated heterocycles. The Morgan fingerprint density at radius 3 is 2.78 bits per heavy atom. The van der Waals surface area contributed by atoms with E-state index in [0.717, 1.165) is 0 Å². The third kappa shape index (κ3) is 6.97. The van der Waals surface area contributed by atoms with Crippen LogP contribution in [0, 0.1) is 0 Å². The summed E-state index contributed by atoms with van der Waals surface area (Å²) in [6.45, 7) is 0.772. The molecule has 0 atom stereocenters. The number of rotatable bonds is 3. The summed E-state index contributed by atoms with van der Waals surface area (Å²) in [6, 6.07) is 0. The zero-order valence-electron chi connectivity index (χ0n) is 5.00. The van der Waals surface area contributed by atoms with Gasteiger partial charge in [0.2, 0.25) is 0 Å². The van der Waals surface area contributed by atoms with Gasteiger partial charge < -0.3 is 16.2 Å². The van der Waals surface area contributed by atoms with Crippen LogP contribution in [0.1, 0.15) is 0 Å². The van der Waals surface area contributed by atoms with Gasteiger partial charge in [0, 0.05) is 13.1 Å². The predicted octanol–water partition coefficient (Wildman–Crippen LogP) is -0.231. The van der Waals surface area contributed by atoms with Crippen molar-refractivity contribution in [3.05, 3.63) is 12.2 Å². The molecule has 0 aliphatic carbocycles. The summed E-state index contributed by atoms with van der Waals surface area (Å²) in [6.07, 6.45) is 2.33. The van der Waals surface area contributed by atoms with E-state index in [4.69, 9.17) is 10.8 Å². The lowest BCUT2D eigenvalue weighted by Gasteiger charge is -1.90. The van der Waals surface area contributed by atoms with Crippen LogP contribution in [0.4, 0.5) is 4.79 Å². The summed E-state index contributed by atoms with van der Waals surface area (Å²) < 4.78 is 0. The number of hydrogen-bond acceptors (Lipinski definition) is 2. The van der Waals surface area contributed by atoms with Gasteiger partial charge in [-0.3, -0.25) is 0 Å². The largest absolute Gasteiger partial charge is 0.465 e. The Morgan fingerprint density at radius 2 is 2.33 bits per heavy atom. The molecule has 0 aliphatic heterocycles. The van der Waals surface area contributed by atoms with Gasteiger partial charge in [-0.15, -0.1) is 0 Å².